The van der Waals surface area contributed by atoms with E-state index >= 15 is 0 Å². The van der Waals surface area contributed by atoms with Gasteiger partial charge in [-0.3, -0.25) is 9.59 Å². The fraction of sp³-hybridized carbons (Fsp3) is 0.167. The van der Waals surface area contributed by atoms with Gasteiger partial charge in [-0.2, -0.15) is 0 Å². The van der Waals surface area contributed by atoms with Crippen molar-refractivity contribution in [2.45, 2.75) is 25.5 Å². The number of aliphatic hydroxyl groups is 1. The molecule has 4 rings (SSSR count). The number of halogens is 1. The van der Waals surface area contributed by atoms with E-state index in [1.807, 2.05) is 55.5 Å². The minimum absolute atomic E-state index is 0.258. The summed E-state index contributed by atoms with van der Waals surface area (Å²) in [5, 5.41) is 11.4. The average molecular weight is 497 g/mol. The summed E-state index contributed by atoms with van der Waals surface area (Å²) in [4.78, 5) is 27.7. The number of ketones is 1. The summed E-state index contributed by atoms with van der Waals surface area (Å²) < 4.78 is 1.07. The van der Waals surface area contributed by atoms with Crippen LogP contribution in [0.3, 0.4) is 0 Å². The first-order valence-electron chi connectivity index (χ1n) is 9.37. The maximum Gasteiger partial charge on any atom is 0.264 e. The van der Waals surface area contributed by atoms with Crippen molar-refractivity contribution in [3.8, 4) is 0 Å². The molecule has 1 heterocycles. The van der Waals surface area contributed by atoms with Crippen molar-refractivity contribution in [1.29, 1.82) is 0 Å². The fourth-order valence-corrected chi connectivity index (χ4v) is 4.33. The van der Waals surface area contributed by atoms with E-state index in [2.05, 4.69) is 22.6 Å². The quantitative estimate of drug-likeness (QED) is 0.414. The minimum Gasteiger partial charge on any atom is -0.375 e. The van der Waals surface area contributed by atoms with Gasteiger partial charge in [-0.05, 0) is 53.3 Å². The van der Waals surface area contributed by atoms with Crippen LogP contribution >= 0.6 is 22.6 Å². The Morgan fingerprint density at radius 3 is 2.48 bits per heavy atom. The lowest BCUT2D eigenvalue weighted by Gasteiger charge is -2.23. The Kier molecular flexibility index (Phi) is 5.27. The highest BCUT2D eigenvalue weighted by Gasteiger charge is 2.50. The monoisotopic (exact) mass is 497 g/mol. The summed E-state index contributed by atoms with van der Waals surface area (Å²) >= 11 is 2.23. The van der Waals surface area contributed by atoms with Gasteiger partial charge in [0.2, 0.25) is 0 Å². The molecule has 0 fully saturated rings. The van der Waals surface area contributed by atoms with Crippen molar-refractivity contribution in [2.75, 3.05) is 4.90 Å². The van der Waals surface area contributed by atoms with E-state index < -0.39 is 11.5 Å². The molecule has 1 atom stereocenters. The second-order valence-corrected chi connectivity index (χ2v) is 8.61. The van der Waals surface area contributed by atoms with Crippen LogP contribution in [-0.4, -0.2) is 16.8 Å². The van der Waals surface area contributed by atoms with Crippen LogP contribution in [0.5, 0.6) is 0 Å². The van der Waals surface area contributed by atoms with E-state index in [0.29, 0.717) is 23.4 Å². The predicted octanol–water partition coefficient (Wildman–Crippen LogP) is 4.61. The standard InChI is InChI=1S/C24H20INO3/c1-16-9-11-18(12-10-16)22(27)14-24(29)20-7-2-3-8-21(20)26(23(24)28)15-17-5-4-6-19(25)13-17/h2-13,29H,14-15H2,1H3/t24-/m1/s1. The molecule has 0 aromatic heterocycles. The van der Waals surface area contributed by atoms with E-state index in [4.69, 9.17) is 0 Å². The molecule has 146 valence electrons. The summed E-state index contributed by atoms with van der Waals surface area (Å²) in [6.07, 6.45) is -0.283. The van der Waals surface area contributed by atoms with Crippen molar-refractivity contribution < 1.29 is 14.7 Å². The third-order valence-electron chi connectivity index (χ3n) is 5.26. The maximum absolute atomic E-state index is 13.3. The third-order valence-corrected chi connectivity index (χ3v) is 5.93. The molecule has 0 saturated heterocycles. The number of carbonyl (C=O) groups is 2. The topological polar surface area (TPSA) is 57.6 Å². The van der Waals surface area contributed by atoms with Crippen LogP contribution in [0.4, 0.5) is 5.69 Å². The van der Waals surface area contributed by atoms with Crippen LogP contribution in [0.1, 0.15) is 33.5 Å². The van der Waals surface area contributed by atoms with Crippen LogP contribution in [0.25, 0.3) is 0 Å². The molecule has 29 heavy (non-hydrogen) atoms. The van der Waals surface area contributed by atoms with Crippen LogP contribution in [0, 0.1) is 10.5 Å². The predicted molar refractivity (Wildman–Crippen MR) is 121 cm³/mol. The lowest BCUT2D eigenvalue weighted by molar-refractivity contribution is -0.136. The second kappa shape index (κ2) is 7.72. The number of nitrogens with zero attached hydrogens (tertiary/aromatic N) is 1. The van der Waals surface area contributed by atoms with E-state index in [-0.39, 0.29) is 12.2 Å². The number of aryl methyl sites for hydroxylation is 1. The number of Topliss-reactive ketones (excluding diaryl/α,β-unsaturated/α-hetero) is 1. The average Bonchev–Trinajstić information content (AvgIpc) is 2.91. The number of rotatable bonds is 5. The maximum atomic E-state index is 13.3. The molecule has 3 aromatic rings. The Labute approximate surface area is 183 Å². The largest absolute Gasteiger partial charge is 0.375 e. The zero-order valence-electron chi connectivity index (χ0n) is 15.9. The molecule has 1 aliphatic rings. The van der Waals surface area contributed by atoms with Crippen molar-refractivity contribution in [1.82, 2.24) is 0 Å². The third kappa shape index (κ3) is 3.72. The molecule has 5 heteroatoms. The number of benzene rings is 3. The van der Waals surface area contributed by atoms with E-state index in [0.717, 1.165) is 14.7 Å². The molecule has 1 N–H and O–H groups in total. The Hall–Kier alpha value is -2.51. The fourth-order valence-electron chi connectivity index (χ4n) is 3.73. The minimum atomic E-state index is -1.86. The summed E-state index contributed by atoms with van der Waals surface area (Å²) in [5.74, 6) is -0.718. The summed E-state index contributed by atoms with van der Waals surface area (Å²) in [7, 11) is 0. The van der Waals surface area contributed by atoms with Gasteiger partial charge in [0.05, 0.1) is 18.7 Å². The number of hydrogen-bond donors (Lipinski definition) is 1. The molecule has 3 aromatic carbocycles. The molecule has 0 spiro atoms. The van der Waals surface area contributed by atoms with Gasteiger partial charge in [-0.25, -0.2) is 0 Å². The van der Waals surface area contributed by atoms with Crippen molar-refractivity contribution in [3.05, 3.63) is 98.6 Å². The lowest BCUT2D eigenvalue weighted by Crippen LogP contribution is -2.41. The van der Waals surface area contributed by atoms with E-state index in [1.54, 1.807) is 29.2 Å². The number of fused-ring (bicyclic) bond motifs is 1. The SMILES string of the molecule is Cc1ccc(C(=O)C[C@]2(O)C(=O)N(Cc3cccc(I)c3)c3ccccc32)cc1. The van der Waals surface area contributed by atoms with Crippen LogP contribution < -0.4 is 4.90 Å². The molecular weight excluding hydrogens is 477 g/mol. The van der Waals surface area contributed by atoms with Gasteiger partial charge in [0.25, 0.3) is 5.91 Å². The van der Waals surface area contributed by atoms with Gasteiger partial charge in [0.1, 0.15) is 0 Å². The zero-order chi connectivity index (χ0) is 20.6. The van der Waals surface area contributed by atoms with Crippen molar-refractivity contribution >= 4 is 40.0 Å². The number of amides is 1. The molecule has 0 radical (unpaired) electrons. The van der Waals surface area contributed by atoms with Gasteiger partial charge in [0.15, 0.2) is 11.4 Å². The molecule has 1 aliphatic heterocycles. The van der Waals surface area contributed by atoms with Crippen molar-refractivity contribution in [3.63, 3.8) is 0 Å². The normalized spacial score (nSPS) is 18.0. The first-order valence-corrected chi connectivity index (χ1v) is 10.4. The van der Waals surface area contributed by atoms with E-state index in [1.165, 1.54) is 0 Å². The molecule has 0 bridgehead atoms. The summed E-state index contributed by atoms with van der Waals surface area (Å²) in [6, 6.07) is 22.2. The number of anilines is 1. The highest BCUT2D eigenvalue weighted by atomic mass is 127. The Morgan fingerprint density at radius 1 is 1.03 bits per heavy atom. The van der Waals surface area contributed by atoms with Gasteiger partial charge >= 0.3 is 0 Å². The molecule has 0 unspecified atom stereocenters. The van der Waals surface area contributed by atoms with Crippen LogP contribution in [0.2, 0.25) is 0 Å². The zero-order valence-corrected chi connectivity index (χ0v) is 18.1. The summed E-state index contributed by atoms with van der Waals surface area (Å²) in [5.41, 5.74) is 1.78. The Balaban J connectivity index is 1.67. The molecule has 4 nitrogen and oxygen atoms in total. The van der Waals surface area contributed by atoms with Crippen molar-refractivity contribution in [2.24, 2.45) is 0 Å². The number of carbonyl (C=O) groups excluding carboxylic acids is 2. The molecule has 1 amide bonds. The van der Waals surface area contributed by atoms with Crippen LogP contribution in [0.15, 0.2) is 72.8 Å². The van der Waals surface area contributed by atoms with Gasteiger partial charge in [-0.15, -0.1) is 0 Å². The molecule has 0 aliphatic carbocycles. The van der Waals surface area contributed by atoms with E-state index in [9.17, 15) is 14.7 Å². The Bertz CT molecular complexity index is 1090. The van der Waals surface area contributed by atoms with Gasteiger partial charge in [-0.1, -0.05) is 60.2 Å². The number of hydrogen-bond acceptors (Lipinski definition) is 3. The first kappa shape index (κ1) is 19.8. The molecule has 0 saturated carbocycles. The number of para-hydroxylation sites is 1. The van der Waals surface area contributed by atoms with Crippen LogP contribution in [-0.2, 0) is 16.9 Å². The molecular formula is C24H20INO3. The van der Waals surface area contributed by atoms with Gasteiger partial charge in [0, 0.05) is 14.7 Å². The highest BCUT2D eigenvalue weighted by Crippen LogP contribution is 2.43. The summed E-state index contributed by atoms with van der Waals surface area (Å²) in [6.45, 7) is 2.29. The highest BCUT2D eigenvalue weighted by molar-refractivity contribution is 14.1. The first-order chi connectivity index (χ1) is 13.9. The Morgan fingerprint density at radius 2 is 1.76 bits per heavy atom. The second-order valence-electron chi connectivity index (χ2n) is 7.36. The lowest BCUT2D eigenvalue weighted by atomic mass is 9.88. The van der Waals surface area contributed by atoms with Gasteiger partial charge < -0.3 is 10.0 Å². The smallest absolute Gasteiger partial charge is 0.264 e.